The van der Waals surface area contributed by atoms with E-state index >= 15 is 0 Å². The number of ether oxygens (including phenoxy) is 2. The van der Waals surface area contributed by atoms with Gasteiger partial charge in [-0.05, 0) is 19.3 Å². The highest BCUT2D eigenvalue weighted by Gasteiger charge is 2.29. The molecule has 1 saturated heterocycles. The topological polar surface area (TPSA) is 18.5 Å². The van der Waals surface area contributed by atoms with E-state index in [0.717, 1.165) is 26.1 Å². The van der Waals surface area contributed by atoms with Gasteiger partial charge in [0, 0.05) is 6.42 Å². The van der Waals surface area contributed by atoms with E-state index in [4.69, 9.17) is 9.47 Å². The highest BCUT2D eigenvalue weighted by atomic mass is 16.7. The van der Waals surface area contributed by atoms with Gasteiger partial charge in [0.05, 0.1) is 13.2 Å². The molecule has 66 valence electrons. The average Bonchev–Trinajstić information content (AvgIpc) is 1.85. The quantitative estimate of drug-likeness (QED) is 0.613. The van der Waals surface area contributed by atoms with Crippen molar-refractivity contribution >= 4 is 0 Å². The summed E-state index contributed by atoms with van der Waals surface area (Å²) in [5, 5.41) is 0. The summed E-state index contributed by atoms with van der Waals surface area (Å²) in [6, 6.07) is 0. The molecule has 1 heterocycles. The zero-order valence-electron chi connectivity index (χ0n) is 7.72. The maximum Gasteiger partial charge on any atom is 0.165 e. The average molecular weight is 158 g/mol. The van der Waals surface area contributed by atoms with Crippen LogP contribution in [0.2, 0.25) is 0 Å². The molecule has 0 aromatic rings. The van der Waals surface area contributed by atoms with Crippen molar-refractivity contribution in [3.8, 4) is 0 Å². The van der Waals surface area contributed by atoms with E-state index in [-0.39, 0.29) is 5.79 Å². The second kappa shape index (κ2) is 3.55. The summed E-state index contributed by atoms with van der Waals surface area (Å²) in [5.41, 5.74) is 0. The van der Waals surface area contributed by atoms with E-state index < -0.39 is 0 Å². The maximum absolute atomic E-state index is 5.55. The van der Waals surface area contributed by atoms with Gasteiger partial charge in [-0.3, -0.25) is 0 Å². The van der Waals surface area contributed by atoms with Crippen molar-refractivity contribution < 1.29 is 9.47 Å². The molecule has 1 aliphatic rings. The molecule has 0 unspecified atom stereocenters. The summed E-state index contributed by atoms with van der Waals surface area (Å²) < 4.78 is 11.1. The molecule has 2 nitrogen and oxygen atoms in total. The Bertz CT molecular complexity index is 115. The van der Waals surface area contributed by atoms with Crippen molar-refractivity contribution in [1.82, 2.24) is 0 Å². The minimum absolute atomic E-state index is 0.299. The van der Waals surface area contributed by atoms with Crippen LogP contribution in [0, 0.1) is 5.92 Å². The van der Waals surface area contributed by atoms with E-state index in [1.165, 1.54) is 0 Å². The third-order valence-corrected chi connectivity index (χ3v) is 1.88. The van der Waals surface area contributed by atoms with Crippen molar-refractivity contribution in [2.45, 2.75) is 39.4 Å². The highest BCUT2D eigenvalue weighted by Crippen LogP contribution is 2.25. The molecule has 1 fully saturated rings. The van der Waals surface area contributed by atoms with Gasteiger partial charge in [0.15, 0.2) is 5.79 Å². The second-order valence-electron chi connectivity index (χ2n) is 3.78. The van der Waals surface area contributed by atoms with Crippen LogP contribution in [0.3, 0.4) is 0 Å². The summed E-state index contributed by atoms with van der Waals surface area (Å²) in [4.78, 5) is 0. The second-order valence-corrected chi connectivity index (χ2v) is 3.78. The summed E-state index contributed by atoms with van der Waals surface area (Å²) in [6.07, 6.45) is 2.03. The van der Waals surface area contributed by atoms with Crippen LogP contribution < -0.4 is 0 Å². The van der Waals surface area contributed by atoms with Gasteiger partial charge in [-0.1, -0.05) is 13.8 Å². The zero-order valence-corrected chi connectivity index (χ0v) is 7.72. The third-order valence-electron chi connectivity index (χ3n) is 1.88. The van der Waals surface area contributed by atoms with Gasteiger partial charge in [-0.15, -0.1) is 0 Å². The van der Waals surface area contributed by atoms with Gasteiger partial charge in [-0.2, -0.15) is 0 Å². The van der Waals surface area contributed by atoms with Crippen molar-refractivity contribution in [3.63, 3.8) is 0 Å². The summed E-state index contributed by atoms with van der Waals surface area (Å²) >= 11 is 0. The summed E-state index contributed by atoms with van der Waals surface area (Å²) in [6.45, 7) is 8.11. The van der Waals surface area contributed by atoms with Crippen molar-refractivity contribution in [3.05, 3.63) is 0 Å². The maximum atomic E-state index is 5.55. The summed E-state index contributed by atoms with van der Waals surface area (Å²) in [5.74, 6) is 0.338. The number of rotatable bonds is 2. The largest absolute Gasteiger partial charge is 0.350 e. The van der Waals surface area contributed by atoms with Gasteiger partial charge < -0.3 is 9.47 Å². The fourth-order valence-electron chi connectivity index (χ4n) is 1.54. The smallest absolute Gasteiger partial charge is 0.165 e. The number of hydrogen-bond acceptors (Lipinski definition) is 2. The first-order valence-electron chi connectivity index (χ1n) is 4.40. The predicted octanol–water partition coefficient (Wildman–Crippen LogP) is 2.19. The highest BCUT2D eigenvalue weighted by molar-refractivity contribution is 4.68. The Kier molecular flexibility index (Phi) is 2.90. The van der Waals surface area contributed by atoms with E-state index in [2.05, 4.69) is 13.8 Å². The lowest BCUT2D eigenvalue weighted by Crippen LogP contribution is -2.38. The molecular formula is C9H18O2. The first-order chi connectivity index (χ1) is 5.12. The Morgan fingerprint density at radius 3 is 2.27 bits per heavy atom. The normalized spacial score (nSPS) is 24.0. The lowest BCUT2D eigenvalue weighted by molar-refractivity contribution is -0.262. The molecule has 0 amide bonds. The molecule has 0 radical (unpaired) electrons. The van der Waals surface area contributed by atoms with E-state index in [1.807, 2.05) is 6.92 Å². The first kappa shape index (κ1) is 9.01. The molecule has 0 atom stereocenters. The van der Waals surface area contributed by atoms with Crippen LogP contribution >= 0.6 is 0 Å². The molecule has 1 rings (SSSR count). The number of hydrogen-bond donors (Lipinski definition) is 0. The van der Waals surface area contributed by atoms with E-state index in [1.54, 1.807) is 0 Å². The van der Waals surface area contributed by atoms with Crippen LogP contribution in [0.15, 0.2) is 0 Å². The van der Waals surface area contributed by atoms with E-state index in [0.29, 0.717) is 5.92 Å². The van der Waals surface area contributed by atoms with Crippen molar-refractivity contribution in [2.75, 3.05) is 13.2 Å². The fourth-order valence-corrected chi connectivity index (χ4v) is 1.54. The SMILES string of the molecule is CC(C)CC1(C)OCCCO1. The Morgan fingerprint density at radius 2 is 1.82 bits per heavy atom. The van der Waals surface area contributed by atoms with Crippen molar-refractivity contribution in [1.29, 1.82) is 0 Å². The molecule has 2 heteroatoms. The van der Waals surface area contributed by atoms with Crippen LogP contribution in [0.5, 0.6) is 0 Å². The van der Waals surface area contributed by atoms with E-state index in [9.17, 15) is 0 Å². The molecule has 11 heavy (non-hydrogen) atoms. The standard InChI is InChI=1S/C9H18O2/c1-8(2)7-9(3)10-5-4-6-11-9/h8H,4-7H2,1-3H3. The Labute approximate surface area is 68.9 Å². The van der Waals surface area contributed by atoms with Crippen LogP contribution in [-0.4, -0.2) is 19.0 Å². The molecular weight excluding hydrogens is 140 g/mol. The van der Waals surface area contributed by atoms with Crippen molar-refractivity contribution in [2.24, 2.45) is 5.92 Å². The molecule has 0 aliphatic carbocycles. The van der Waals surface area contributed by atoms with Gasteiger partial charge in [0.25, 0.3) is 0 Å². The lowest BCUT2D eigenvalue weighted by atomic mass is 10.0. The minimum atomic E-state index is -0.299. The van der Waals surface area contributed by atoms with Crippen LogP contribution in [-0.2, 0) is 9.47 Å². The zero-order chi connectivity index (χ0) is 8.32. The third kappa shape index (κ3) is 2.80. The van der Waals surface area contributed by atoms with Gasteiger partial charge >= 0.3 is 0 Å². The molecule has 0 aromatic carbocycles. The minimum Gasteiger partial charge on any atom is -0.350 e. The molecule has 1 aliphatic heterocycles. The fraction of sp³-hybridized carbons (Fsp3) is 1.00. The molecule has 0 saturated carbocycles. The molecule has 0 N–H and O–H groups in total. The molecule has 0 bridgehead atoms. The Balaban J connectivity index is 2.37. The first-order valence-corrected chi connectivity index (χ1v) is 4.40. The lowest BCUT2D eigenvalue weighted by Gasteiger charge is -2.35. The predicted molar refractivity (Wildman–Crippen MR) is 44.4 cm³/mol. The van der Waals surface area contributed by atoms with Gasteiger partial charge in [-0.25, -0.2) is 0 Å². The van der Waals surface area contributed by atoms with Gasteiger partial charge in [0.2, 0.25) is 0 Å². The van der Waals surface area contributed by atoms with Crippen LogP contribution in [0.4, 0.5) is 0 Å². The monoisotopic (exact) mass is 158 g/mol. The van der Waals surface area contributed by atoms with Gasteiger partial charge in [0.1, 0.15) is 0 Å². The van der Waals surface area contributed by atoms with Crippen LogP contribution in [0.1, 0.15) is 33.6 Å². The molecule has 0 aromatic heterocycles. The summed E-state index contributed by atoms with van der Waals surface area (Å²) in [7, 11) is 0. The Hall–Kier alpha value is -0.0800. The molecule has 0 spiro atoms. The van der Waals surface area contributed by atoms with Crippen LogP contribution in [0.25, 0.3) is 0 Å². The Morgan fingerprint density at radius 1 is 1.27 bits per heavy atom.